The van der Waals surface area contributed by atoms with Crippen LogP contribution in [0.5, 0.6) is 0 Å². The van der Waals surface area contributed by atoms with Gasteiger partial charge in [-0.3, -0.25) is 14.5 Å². The van der Waals surface area contributed by atoms with Crippen molar-refractivity contribution in [3.05, 3.63) is 48.6 Å². The molecule has 1 aromatic rings. The zero-order valence-corrected chi connectivity index (χ0v) is 20.9. The minimum atomic E-state index is -0.801. The van der Waals surface area contributed by atoms with Crippen LogP contribution in [0.1, 0.15) is 52.0 Å². The van der Waals surface area contributed by atoms with Crippen molar-refractivity contribution in [3.63, 3.8) is 0 Å². The number of ether oxygens (including phenoxy) is 1. The number of amides is 1. The van der Waals surface area contributed by atoms with Gasteiger partial charge in [-0.15, -0.1) is 6.58 Å². The Morgan fingerprint density at radius 2 is 2.00 bits per heavy atom. The predicted molar refractivity (Wildman–Crippen MR) is 134 cm³/mol. The molecule has 0 bridgehead atoms. The van der Waals surface area contributed by atoms with Gasteiger partial charge in [-0.25, -0.2) is 0 Å². The number of nitrogens with zero attached hydrogens (tertiary/aromatic N) is 1. The molecule has 3 atom stereocenters. The highest BCUT2D eigenvalue weighted by Crippen LogP contribution is 2.30. The van der Waals surface area contributed by atoms with Crippen LogP contribution >= 0.6 is 24.0 Å². The molecular weight excluding hydrogens is 442 g/mol. The molecular formula is C25H35NO4S2. The van der Waals surface area contributed by atoms with Crippen molar-refractivity contribution in [1.29, 1.82) is 0 Å². The summed E-state index contributed by atoms with van der Waals surface area (Å²) in [4.78, 5) is 27.0. The lowest BCUT2D eigenvalue weighted by Crippen LogP contribution is -2.46. The number of hydrogen-bond donors (Lipinski definition) is 1. The second kappa shape index (κ2) is 12.5. The van der Waals surface area contributed by atoms with Gasteiger partial charge >= 0.3 is 5.97 Å². The molecule has 176 valence electrons. The van der Waals surface area contributed by atoms with Crippen LogP contribution in [0, 0.1) is 11.3 Å². The summed E-state index contributed by atoms with van der Waals surface area (Å²) in [6.07, 6.45) is 3.75. The van der Waals surface area contributed by atoms with Gasteiger partial charge < -0.3 is 9.84 Å². The van der Waals surface area contributed by atoms with Gasteiger partial charge in [0.2, 0.25) is 5.91 Å². The highest BCUT2D eigenvalue weighted by Gasteiger charge is 2.39. The molecule has 0 spiro atoms. The molecule has 0 aromatic heterocycles. The smallest absolute Gasteiger partial charge is 0.311 e. The molecule has 1 aliphatic rings. The van der Waals surface area contributed by atoms with Gasteiger partial charge in [-0.2, -0.15) is 0 Å². The van der Waals surface area contributed by atoms with E-state index >= 15 is 0 Å². The number of esters is 1. The fraction of sp³-hybridized carbons (Fsp3) is 0.560. The monoisotopic (exact) mass is 477 g/mol. The SMILES string of the molecule is C=CC[C@H](C(=O)N1C(=S)SC[C@@H]1Cc1ccccc1)[C@H](O)CCCCOC(=O)C(C)(C)C. The standard InChI is InChI=1S/C25H35NO4S2/c1-5-11-20(21(27)14-9-10-15-30-23(29)25(2,3)4)22(28)26-19(17-32-24(26)31)16-18-12-7-6-8-13-18/h5-8,12-13,19-21,27H,1,9-11,14-17H2,2-4H3/t19-,20-,21+/m0/s1. The van der Waals surface area contributed by atoms with E-state index in [9.17, 15) is 14.7 Å². The Balaban J connectivity index is 1.93. The second-order valence-electron chi connectivity index (χ2n) is 9.21. The van der Waals surface area contributed by atoms with Gasteiger partial charge in [-0.05, 0) is 58.4 Å². The Hall–Kier alpha value is -1.70. The number of thioether (sulfide) groups is 1. The van der Waals surface area contributed by atoms with E-state index in [0.29, 0.717) is 36.6 Å². The third-order valence-corrected chi connectivity index (χ3v) is 7.00. The molecule has 32 heavy (non-hydrogen) atoms. The Bertz CT molecular complexity index is 791. The molecule has 2 rings (SSSR count). The molecule has 7 heteroatoms. The van der Waals surface area contributed by atoms with E-state index in [-0.39, 0.29) is 17.9 Å². The lowest BCUT2D eigenvalue weighted by molar-refractivity contribution is -0.153. The zero-order valence-electron chi connectivity index (χ0n) is 19.3. The van der Waals surface area contributed by atoms with Gasteiger partial charge in [0.25, 0.3) is 0 Å². The lowest BCUT2D eigenvalue weighted by Gasteiger charge is -2.30. The van der Waals surface area contributed by atoms with Gasteiger partial charge in [0.15, 0.2) is 0 Å². The van der Waals surface area contributed by atoms with Crippen LogP contribution in [0.2, 0.25) is 0 Å². The first-order valence-electron chi connectivity index (χ1n) is 11.1. The summed E-state index contributed by atoms with van der Waals surface area (Å²) in [5.41, 5.74) is 0.634. The number of carbonyl (C=O) groups is 2. The molecule has 1 fully saturated rings. The van der Waals surface area contributed by atoms with Crippen molar-refractivity contribution in [1.82, 2.24) is 4.90 Å². The molecule has 0 saturated carbocycles. The average molecular weight is 478 g/mol. The van der Waals surface area contributed by atoms with Gasteiger partial charge in [-0.1, -0.05) is 60.4 Å². The van der Waals surface area contributed by atoms with Crippen LogP contribution in [-0.2, 0) is 20.7 Å². The van der Waals surface area contributed by atoms with Crippen LogP contribution in [0.4, 0.5) is 0 Å². The van der Waals surface area contributed by atoms with Crippen molar-refractivity contribution in [2.24, 2.45) is 11.3 Å². The summed E-state index contributed by atoms with van der Waals surface area (Å²) in [6, 6.07) is 10.0. The minimum absolute atomic E-state index is 0.0151. The second-order valence-corrected chi connectivity index (χ2v) is 10.9. The van der Waals surface area contributed by atoms with Crippen LogP contribution < -0.4 is 0 Å². The molecule has 1 N–H and O–H groups in total. The summed E-state index contributed by atoms with van der Waals surface area (Å²) in [6.45, 7) is 9.54. The maximum Gasteiger partial charge on any atom is 0.311 e. The predicted octanol–water partition coefficient (Wildman–Crippen LogP) is 4.77. The van der Waals surface area contributed by atoms with Crippen molar-refractivity contribution in [2.45, 2.75) is 65.0 Å². The first-order chi connectivity index (χ1) is 15.1. The molecule has 0 aliphatic carbocycles. The number of aliphatic hydroxyl groups excluding tert-OH is 1. The third-order valence-electron chi connectivity index (χ3n) is 5.45. The number of carbonyl (C=O) groups excluding carboxylic acids is 2. The van der Waals surface area contributed by atoms with E-state index in [2.05, 4.69) is 18.7 Å². The molecule has 1 heterocycles. The Morgan fingerprint density at radius 1 is 1.31 bits per heavy atom. The summed E-state index contributed by atoms with van der Waals surface area (Å²) < 4.78 is 5.85. The molecule has 1 aliphatic heterocycles. The molecule has 5 nitrogen and oxygen atoms in total. The van der Waals surface area contributed by atoms with Crippen molar-refractivity contribution in [2.75, 3.05) is 12.4 Å². The highest BCUT2D eigenvalue weighted by molar-refractivity contribution is 8.23. The maximum atomic E-state index is 13.4. The highest BCUT2D eigenvalue weighted by atomic mass is 32.2. The number of allylic oxidation sites excluding steroid dienone is 1. The molecule has 1 saturated heterocycles. The Labute approximate surface area is 201 Å². The fourth-order valence-electron chi connectivity index (χ4n) is 3.59. The van der Waals surface area contributed by atoms with Crippen molar-refractivity contribution >= 4 is 40.2 Å². The van der Waals surface area contributed by atoms with Crippen LogP contribution in [0.15, 0.2) is 43.0 Å². The summed E-state index contributed by atoms with van der Waals surface area (Å²) in [5.74, 6) is -0.190. The molecule has 0 radical (unpaired) electrons. The molecule has 1 aromatic carbocycles. The van der Waals surface area contributed by atoms with E-state index in [0.717, 1.165) is 17.7 Å². The topological polar surface area (TPSA) is 66.8 Å². The van der Waals surface area contributed by atoms with Crippen molar-refractivity contribution in [3.8, 4) is 0 Å². The van der Waals surface area contributed by atoms with Crippen molar-refractivity contribution < 1.29 is 19.4 Å². The van der Waals surface area contributed by atoms with Gasteiger partial charge in [0.05, 0.1) is 30.1 Å². The number of rotatable bonds is 11. The van der Waals surface area contributed by atoms with E-state index in [4.69, 9.17) is 17.0 Å². The van der Waals surface area contributed by atoms with Crippen LogP contribution in [0.3, 0.4) is 0 Å². The Kier molecular flexibility index (Phi) is 10.4. The summed E-state index contributed by atoms with van der Waals surface area (Å²) in [7, 11) is 0. The first kappa shape index (κ1) is 26.6. The quantitative estimate of drug-likeness (QED) is 0.214. The van der Waals surface area contributed by atoms with Crippen LogP contribution in [0.25, 0.3) is 0 Å². The van der Waals surface area contributed by atoms with E-state index < -0.39 is 17.4 Å². The molecule has 0 unspecified atom stereocenters. The first-order valence-corrected chi connectivity index (χ1v) is 12.5. The molecule has 1 amide bonds. The number of aliphatic hydroxyl groups is 1. The van der Waals surface area contributed by atoms with E-state index in [1.807, 2.05) is 39.0 Å². The lowest BCUT2D eigenvalue weighted by atomic mass is 9.92. The third kappa shape index (κ3) is 7.71. The fourth-order valence-corrected chi connectivity index (χ4v) is 5.01. The number of hydrogen-bond acceptors (Lipinski definition) is 6. The van der Waals surface area contributed by atoms with Gasteiger partial charge in [0, 0.05) is 5.75 Å². The van der Waals surface area contributed by atoms with E-state index in [1.54, 1.807) is 11.0 Å². The summed E-state index contributed by atoms with van der Waals surface area (Å²) in [5, 5.41) is 10.8. The largest absolute Gasteiger partial charge is 0.465 e. The zero-order chi connectivity index (χ0) is 23.7. The number of benzene rings is 1. The minimum Gasteiger partial charge on any atom is -0.465 e. The maximum absolute atomic E-state index is 13.4. The van der Waals surface area contributed by atoms with Gasteiger partial charge in [0.1, 0.15) is 4.32 Å². The number of thiocarbonyl (C=S) groups is 1. The summed E-state index contributed by atoms with van der Waals surface area (Å²) >= 11 is 7.01. The number of unbranched alkanes of at least 4 members (excludes halogenated alkanes) is 1. The van der Waals surface area contributed by atoms with E-state index in [1.165, 1.54) is 11.8 Å². The average Bonchev–Trinajstić information content (AvgIpc) is 3.10. The normalized spacial score (nSPS) is 18.3. The Morgan fingerprint density at radius 3 is 2.62 bits per heavy atom. The van der Waals surface area contributed by atoms with Crippen LogP contribution in [-0.4, -0.2) is 50.7 Å².